The molecule has 4 rings (SSSR count). The molecule has 3 atom stereocenters. The zero-order valence-electron chi connectivity index (χ0n) is 12.2. The average Bonchev–Trinajstić information content (AvgIpc) is 3.16. The Morgan fingerprint density at radius 1 is 1.29 bits per heavy atom. The maximum Gasteiger partial charge on any atom is 0.213 e. The summed E-state index contributed by atoms with van der Waals surface area (Å²) in [4.78, 5) is 9.78. The Labute approximate surface area is 129 Å². The summed E-state index contributed by atoms with van der Waals surface area (Å²) in [6.45, 7) is 4.41. The molecule has 2 bridgehead atoms. The molecule has 2 aromatic rings. The van der Waals surface area contributed by atoms with Crippen LogP contribution >= 0.6 is 11.3 Å². The van der Waals surface area contributed by atoms with Crippen LogP contribution in [0.2, 0.25) is 0 Å². The minimum atomic E-state index is 0.320. The fourth-order valence-corrected chi connectivity index (χ4v) is 4.65. The predicted molar refractivity (Wildman–Crippen MR) is 84.6 cm³/mol. The Morgan fingerprint density at radius 2 is 2.24 bits per heavy atom. The summed E-state index contributed by atoms with van der Waals surface area (Å²) in [6, 6.07) is 10.9. The van der Waals surface area contributed by atoms with Crippen molar-refractivity contribution in [2.45, 2.75) is 38.5 Å². The van der Waals surface area contributed by atoms with Crippen LogP contribution in [0.15, 0.2) is 36.5 Å². The van der Waals surface area contributed by atoms with Crippen molar-refractivity contribution in [3.05, 3.63) is 46.3 Å². The first-order valence-electron chi connectivity index (χ1n) is 7.66. The van der Waals surface area contributed by atoms with Crippen LogP contribution in [0.4, 0.5) is 0 Å². The first kappa shape index (κ1) is 13.3. The van der Waals surface area contributed by atoms with Gasteiger partial charge in [-0.3, -0.25) is 4.90 Å². The lowest BCUT2D eigenvalue weighted by atomic mass is 10.1. The first-order chi connectivity index (χ1) is 10.3. The van der Waals surface area contributed by atoms with Gasteiger partial charge in [-0.25, -0.2) is 4.98 Å². The van der Waals surface area contributed by atoms with E-state index in [1.807, 2.05) is 29.5 Å². The third kappa shape index (κ3) is 2.58. The molecule has 0 aromatic carbocycles. The van der Waals surface area contributed by atoms with E-state index in [1.54, 1.807) is 6.20 Å². The number of aryl methyl sites for hydroxylation is 1. The standard InChI is InChI=1S/C17H20N2OS/c1-12-5-7-14(21-12)11-19-10-13-6-8-15(19)17(13)20-16-4-2-3-9-18-16/h2-5,7,9,13,15,17H,6,8,10-11H2,1H3. The topological polar surface area (TPSA) is 25.4 Å². The van der Waals surface area contributed by atoms with Gasteiger partial charge >= 0.3 is 0 Å². The lowest BCUT2D eigenvalue weighted by Gasteiger charge is -2.26. The van der Waals surface area contributed by atoms with Gasteiger partial charge < -0.3 is 4.74 Å². The number of likely N-dealkylation sites (tertiary alicyclic amines) is 1. The van der Waals surface area contributed by atoms with E-state index in [1.165, 1.54) is 29.1 Å². The third-order valence-electron chi connectivity index (χ3n) is 4.66. The van der Waals surface area contributed by atoms with E-state index in [0.717, 1.165) is 12.4 Å². The van der Waals surface area contributed by atoms with Gasteiger partial charge in [-0.2, -0.15) is 0 Å². The highest BCUT2D eigenvalue weighted by atomic mass is 32.1. The molecule has 0 amide bonds. The fraction of sp³-hybridized carbons (Fsp3) is 0.471. The van der Waals surface area contributed by atoms with Gasteiger partial charge in [0.25, 0.3) is 0 Å². The van der Waals surface area contributed by atoms with Crippen LogP contribution < -0.4 is 4.74 Å². The molecule has 21 heavy (non-hydrogen) atoms. The van der Waals surface area contributed by atoms with Crippen molar-refractivity contribution in [3.8, 4) is 5.88 Å². The molecule has 0 spiro atoms. The Balaban J connectivity index is 1.46. The SMILES string of the molecule is Cc1ccc(CN2CC3CCC2C3Oc2ccccn2)s1. The second kappa shape index (κ2) is 5.43. The molecule has 1 aliphatic heterocycles. The Bertz CT molecular complexity index is 612. The number of hydrogen-bond acceptors (Lipinski definition) is 4. The zero-order chi connectivity index (χ0) is 14.2. The van der Waals surface area contributed by atoms with Crippen LogP contribution in [0.1, 0.15) is 22.6 Å². The average molecular weight is 300 g/mol. The molecule has 1 saturated carbocycles. The molecule has 1 aliphatic carbocycles. The van der Waals surface area contributed by atoms with Gasteiger partial charge in [0.1, 0.15) is 6.10 Å². The summed E-state index contributed by atoms with van der Waals surface area (Å²) in [6.07, 6.45) is 4.67. The molecule has 3 nitrogen and oxygen atoms in total. The van der Waals surface area contributed by atoms with E-state index < -0.39 is 0 Å². The second-order valence-corrected chi connectivity index (χ2v) is 7.47. The van der Waals surface area contributed by atoms with Crippen molar-refractivity contribution in [3.63, 3.8) is 0 Å². The van der Waals surface area contributed by atoms with Crippen LogP contribution in [0.3, 0.4) is 0 Å². The summed E-state index contributed by atoms with van der Waals surface area (Å²) < 4.78 is 6.19. The van der Waals surface area contributed by atoms with E-state index in [9.17, 15) is 0 Å². The van der Waals surface area contributed by atoms with Gasteiger partial charge in [0.15, 0.2) is 0 Å². The molecular formula is C17H20N2OS. The maximum atomic E-state index is 6.19. The van der Waals surface area contributed by atoms with Crippen LogP contribution in [0.25, 0.3) is 0 Å². The molecule has 2 aliphatic rings. The van der Waals surface area contributed by atoms with Crippen LogP contribution in [-0.4, -0.2) is 28.6 Å². The summed E-state index contributed by atoms with van der Waals surface area (Å²) in [5.41, 5.74) is 0. The molecular weight excluding hydrogens is 280 g/mol. The van der Waals surface area contributed by atoms with Gasteiger partial charge in [0.05, 0.1) is 0 Å². The van der Waals surface area contributed by atoms with Crippen molar-refractivity contribution < 1.29 is 4.74 Å². The number of ether oxygens (including phenoxy) is 1. The Kier molecular flexibility index (Phi) is 3.43. The molecule has 0 N–H and O–H groups in total. The van der Waals surface area contributed by atoms with E-state index in [2.05, 4.69) is 28.9 Å². The lowest BCUT2D eigenvalue weighted by Crippen LogP contribution is -2.35. The number of piperidine rings is 1. The number of pyridine rings is 1. The van der Waals surface area contributed by atoms with Gasteiger partial charge in [0.2, 0.25) is 5.88 Å². The lowest BCUT2D eigenvalue weighted by molar-refractivity contribution is 0.137. The van der Waals surface area contributed by atoms with Gasteiger partial charge in [0, 0.05) is 47.1 Å². The van der Waals surface area contributed by atoms with E-state index >= 15 is 0 Å². The number of rotatable bonds is 4. The highest BCUT2D eigenvalue weighted by molar-refractivity contribution is 7.11. The van der Waals surface area contributed by atoms with Crippen LogP contribution in [0.5, 0.6) is 5.88 Å². The molecule has 1 saturated heterocycles. The monoisotopic (exact) mass is 300 g/mol. The van der Waals surface area contributed by atoms with Crippen LogP contribution in [0, 0.1) is 12.8 Å². The largest absolute Gasteiger partial charge is 0.472 e. The minimum absolute atomic E-state index is 0.320. The van der Waals surface area contributed by atoms with E-state index in [0.29, 0.717) is 18.1 Å². The summed E-state index contributed by atoms with van der Waals surface area (Å²) >= 11 is 1.91. The molecule has 4 heteroatoms. The van der Waals surface area contributed by atoms with Crippen molar-refractivity contribution in [1.29, 1.82) is 0 Å². The van der Waals surface area contributed by atoms with E-state index in [-0.39, 0.29) is 0 Å². The van der Waals surface area contributed by atoms with Gasteiger partial charge in [-0.15, -0.1) is 11.3 Å². The summed E-state index contributed by atoms with van der Waals surface area (Å²) in [5, 5.41) is 0. The second-order valence-electron chi connectivity index (χ2n) is 6.10. The highest BCUT2D eigenvalue weighted by Gasteiger charge is 2.48. The number of nitrogens with zero attached hydrogens (tertiary/aromatic N) is 2. The number of fused-ring (bicyclic) bond motifs is 2. The molecule has 3 heterocycles. The quantitative estimate of drug-likeness (QED) is 0.864. The number of thiophene rings is 1. The third-order valence-corrected chi connectivity index (χ3v) is 5.65. The number of hydrogen-bond donors (Lipinski definition) is 0. The predicted octanol–water partition coefficient (Wildman–Crippen LogP) is 3.49. The van der Waals surface area contributed by atoms with Crippen molar-refractivity contribution >= 4 is 11.3 Å². The molecule has 110 valence electrons. The van der Waals surface area contributed by atoms with Crippen molar-refractivity contribution in [2.24, 2.45) is 5.92 Å². The minimum Gasteiger partial charge on any atom is -0.472 e. The van der Waals surface area contributed by atoms with Crippen molar-refractivity contribution in [1.82, 2.24) is 9.88 Å². The van der Waals surface area contributed by atoms with Crippen molar-refractivity contribution in [2.75, 3.05) is 6.54 Å². The zero-order valence-corrected chi connectivity index (χ0v) is 13.1. The Hall–Kier alpha value is -1.39. The summed E-state index contributed by atoms with van der Waals surface area (Å²) in [7, 11) is 0. The molecule has 2 fully saturated rings. The smallest absolute Gasteiger partial charge is 0.213 e. The molecule has 0 radical (unpaired) electrons. The summed E-state index contributed by atoms with van der Waals surface area (Å²) in [5.74, 6) is 1.44. The fourth-order valence-electron chi connectivity index (χ4n) is 3.73. The van der Waals surface area contributed by atoms with Crippen LogP contribution in [-0.2, 0) is 6.54 Å². The van der Waals surface area contributed by atoms with E-state index in [4.69, 9.17) is 4.74 Å². The molecule has 2 aromatic heterocycles. The maximum absolute atomic E-state index is 6.19. The Morgan fingerprint density at radius 3 is 3.00 bits per heavy atom. The normalized spacial score (nSPS) is 28.1. The highest BCUT2D eigenvalue weighted by Crippen LogP contribution is 2.41. The number of aromatic nitrogens is 1. The molecule has 3 unspecified atom stereocenters. The van der Waals surface area contributed by atoms with Gasteiger partial charge in [-0.1, -0.05) is 6.07 Å². The first-order valence-corrected chi connectivity index (χ1v) is 8.48. The van der Waals surface area contributed by atoms with Gasteiger partial charge in [-0.05, 0) is 38.0 Å².